The molecule has 0 aliphatic rings. The van der Waals surface area contributed by atoms with Crippen LogP contribution in [0.5, 0.6) is 0 Å². The van der Waals surface area contributed by atoms with Crippen LogP contribution in [0.15, 0.2) is 94.5 Å². The van der Waals surface area contributed by atoms with Gasteiger partial charge in [0, 0.05) is 30.7 Å². The Morgan fingerprint density at radius 2 is 1.61 bits per heavy atom. The fourth-order valence-electron chi connectivity index (χ4n) is 2.74. The van der Waals surface area contributed by atoms with E-state index in [4.69, 9.17) is 0 Å². The molecule has 9 heteroatoms. The van der Waals surface area contributed by atoms with Crippen LogP contribution in [0, 0.1) is 0 Å². The fourth-order valence-corrected chi connectivity index (χ4v) is 3.45. The Morgan fingerprint density at radius 3 is 2.32 bits per heavy atom. The number of carbonyl (C=O) groups excluding carboxylic acids is 1. The SMILES string of the molecule is Cn1c(SCC(=O)Nc2ccc(N=Nc3ccccc3)cc2)nnc1-c1ccncc1. The molecule has 0 spiro atoms. The van der Waals surface area contributed by atoms with Crippen molar-refractivity contribution < 1.29 is 4.79 Å². The van der Waals surface area contributed by atoms with Crippen molar-refractivity contribution in [3.8, 4) is 11.4 Å². The van der Waals surface area contributed by atoms with Crippen LogP contribution < -0.4 is 5.32 Å². The van der Waals surface area contributed by atoms with Crippen molar-refractivity contribution in [1.29, 1.82) is 0 Å². The summed E-state index contributed by atoms with van der Waals surface area (Å²) in [5, 5.41) is 20.3. The minimum absolute atomic E-state index is 0.128. The first-order chi connectivity index (χ1) is 15.2. The summed E-state index contributed by atoms with van der Waals surface area (Å²) in [4.78, 5) is 16.3. The van der Waals surface area contributed by atoms with Gasteiger partial charge in [-0.1, -0.05) is 30.0 Å². The lowest BCUT2D eigenvalue weighted by Gasteiger charge is -2.06. The molecule has 0 fully saturated rings. The van der Waals surface area contributed by atoms with E-state index in [2.05, 4.69) is 30.7 Å². The number of nitrogens with one attached hydrogen (secondary N) is 1. The predicted molar refractivity (Wildman–Crippen MR) is 121 cm³/mol. The number of amides is 1. The second-order valence-electron chi connectivity index (χ2n) is 6.52. The van der Waals surface area contributed by atoms with Gasteiger partial charge in [0.05, 0.1) is 17.1 Å². The number of hydrogen-bond donors (Lipinski definition) is 1. The normalized spacial score (nSPS) is 11.0. The molecular formula is C22H19N7OS. The smallest absolute Gasteiger partial charge is 0.234 e. The van der Waals surface area contributed by atoms with Crippen LogP contribution in [0.3, 0.4) is 0 Å². The Labute approximate surface area is 183 Å². The van der Waals surface area contributed by atoms with E-state index >= 15 is 0 Å². The Kier molecular flexibility index (Phi) is 6.44. The number of hydrogen-bond acceptors (Lipinski definition) is 7. The van der Waals surface area contributed by atoms with Crippen molar-refractivity contribution in [3.63, 3.8) is 0 Å². The van der Waals surface area contributed by atoms with E-state index in [1.54, 1.807) is 36.7 Å². The van der Waals surface area contributed by atoms with E-state index in [1.807, 2.05) is 54.1 Å². The monoisotopic (exact) mass is 429 g/mol. The van der Waals surface area contributed by atoms with Gasteiger partial charge in [-0.2, -0.15) is 10.2 Å². The van der Waals surface area contributed by atoms with Gasteiger partial charge in [-0.25, -0.2) is 0 Å². The quantitative estimate of drug-likeness (QED) is 0.328. The number of rotatable bonds is 7. The Bertz CT molecular complexity index is 1180. The van der Waals surface area contributed by atoms with E-state index in [9.17, 15) is 4.79 Å². The molecule has 2 heterocycles. The number of nitrogens with zero attached hydrogens (tertiary/aromatic N) is 6. The maximum Gasteiger partial charge on any atom is 0.234 e. The average molecular weight is 430 g/mol. The topological polar surface area (TPSA) is 97.4 Å². The number of thioether (sulfide) groups is 1. The Balaban J connectivity index is 1.31. The van der Waals surface area contributed by atoms with Crippen molar-refractivity contribution in [3.05, 3.63) is 79.1 Å². The zero-order chi connectivity index (χ0) is 21.5. The largest absolute Gasteiger partial charge is 0.325 e. The summed E-state index contributed by atoms with van der Waals surface area (Å²) < 4.78 is 1.86. The Hall–Kier alpha value is -3.85. The summed E-state index contributed by atoms with van der Waals surface area (Å²) in [6, 6.07) is 20.5. The van der Waals surface area contributed by atoms with Gasteiger partial charge in [0.2, 0.25) is 5.91 Å². The minimum Gasteiger partial charge on any atom is -0.325 e. The molecule has 0 bridgehead atoms. The van der Waals surface area contributed by atoms with Crippen LogP contribution in [-0.2, 0) is 11.8 Å². The van der Waals surface area contributed by atoms with Crippen LogP contribution in [0.1, 0.15) is 0 Å². The molecule has 0 saturated heterocycles. The lowest BCUT2D eigenvalue weighted by Crippen LogP contribution is -2.14. The van der Waals surface area contributed by atoms with Gasteiger partial charge in [-0.05, 0) is 48.5 Å². The molecule has 31 heavy (non-hydrogen) atoms. The first-order valence-electron chi connectivity index (χ1n) is 9.48. The summed E-state index contributed by atoms with van der Waals surface area (Å²) in [6.45, 7) is 0. The molecule has 1 N–H and O–H groups in total. The number of benzene rings is 2. The molecule has 2 aromatic carbocycles. The van der Waals surface area contributed by atoms with Gasteiger partial charge in [-0.15, -0.1) is 10.2 Å². The summed E-state index contributed by atoms with van der Waals surface area (Å²) in [6.07, 6.45) is 3.41. The molecule has 154 valence electrons. The zero-order valence-corrected chi connectivity index (χ0v) is 17.5. The molecule has 0 atom stereocenters. The number of anilines is 1. The van der Waals surface area contributed by atoms with Crippen LogP contribution in [0.25, 0.3) is 11.4 Å². The number of aromatic nitrogens is 4. The highest BCUT2D eigenvalue weighted by atomic mass is 32.2. The standard InChI is InChI=1S/C22H19N7OS/c1-29-21(16-11-13-23-14-12-16)27-28-22(29)31-15-20(30)24-17-7-9-19(10-8-17)26-25-18-5-3-2-4-6-18/h2-14H,15H2,1H3,(H,24,30). The first kappa shape index (κ1) is 20.4. The van der Waals surface area contributed by atoms with E-state index in [0.29, 0.717) is 16.5 Å². The third-order valence-corrected chi connectivity index (χ3v) is 5.31. The summed E-state index contributed by atoms with van der Waals surface area (Å²) in [5.41, 5.74) is 3.11. The highest BCUT2D eigenvalue weighted by Gasteiger charge is 2.13. The second kappa shape index (κ2) is 9.77. The van der Waals surface area contributed by atoms with Crippen LogP contribution in [0.4, 0.5) is 17.1 Å². The summed E-state index contributed by atoms with van der Waals surface area (Å²) in [5.74, 6) is 0.820. The lowest BCUT2D eigenvalue weighted by molar-refractivity contribution is -0.113. The van der Waals surface area contributed by atoms with E-state index in [-0.39, 0.29) is 11.7 Å². The van der Waals surface area contributed by atoms with Gasteiger partial charge < -0.3 is 9.88 Å². The van der Waals surface area contributed by atoms with Crippen molar-refractivity contribution in [2.24, 2.45) is 17.3 Å². The first-order valence-corrected chi connectivity index (χ1v) is 10.5. The van der Waals surface area contributed by atoms with E-state index < -0.39 is 0 Å². The molecule has 0 aliphatic heterocycles. The van der Waals surface area contributed by atoms with Crippen molar-refractivity contribution >= 4 is 34.7 Å². The molecule has 0 radical (unpaired) electrons. The van der Waals surface area contributed by atoms with Gasteiger partial charge in [0.15, 0.2) is 11.0 Å². The summed E-state index contributed by atoms with van der Waals surface area (Å²) in [7, 11) is 1.87. The fraction of sp³-hybridized carbons (Fsp3) is 0.0909. The van der Waals surface area contributed by atoms with Gasteiger partial charge >= 0.3 is 0 Å². The average Bonchev–Trinajstić information content (AvgIpc) is 3.19. The maximum absolute atomic E-state index is 12.3. The van der Waals surface area contributed by atoms with Gasteiger partial charge in [0.1, 0.15) is 0 Å². The lowest BCUT2D eigenvalue weighted by atomic mass is 10.2. The van der Waals surface area contributed by atoms with Gasteiger partial charge in [0.25, 0.3) is 0 Å². The van der Waals surface area contributed by atoms with Crippen molar-refractivity contribution in [2.75, 3.05) is 11.1 Å². The van der Waals surface area contributed by atoms with Crippen molar-refractivity contribution in [1.82, 2.24) is 19.7 Å². The minimum atomic E-state index is -0.128. The van der Waals surface area contributed by atoms with E-state index in [1.165, 1.54) is 11.8 Å². The molecule has 2 aromatic heterocycles. The number of carbonyl (C=O) groups is 1. The van der Waals surface area contributed by atoms with Crippen LogP contribution in [-0.4, -0.2) is 31.4 Å². The molecule has 4 rings (SSSR count). The highest BCUT2D eigenvalue weighted by Crippen LogP contribution is 2.23. The second-order valence-corrected chi connectivity index (χ2v) is 7.46. The molecule has 4 aromatic rings. The third kappa shape index (κ3) is 5.40. The number of pyridine rings is 1. The van der Waals surface area contributed by atoms with E-state index in [0.717, 1.165) is 17.1 Å². The molecule has 8 nitrogen and oxygen atoms in total. The molecule has 1 amide bonds. The third-order valence-electron chi connectivity index (χ3n) is 4.29. The number of azo groups is 1. The van der Waals surface area contributed by atoms with Crippen LogP contribution in [0.2, 0.25) is 0 Å². The maximum atomic E-state index is 12.3. The molecule has 0 aliphatic carbocycles. The van der Waals surface area contributed by atoms with Gasteiger partial charge in [-0.3, -0.25) is 9.78 Å². The zero-order valence-electron chi connectivity index (χ0n) is 16.7. The summed E-state index contributed by atoms with van der Waals surface area (Å²) >= 11 is 1.33. The molecule has 0 saturated carbocycles. The molecule has 0 unspecified atom stereocenters. The molecular weight excluding hydrogens is 410 g/mol. The van der Waals surface area contributed by atoms with Crippen LogP contribution >= 0.6 is 11.8 Å². The predicted octanol–water partition coefficient (Wildman–Crippen LogP) is 5.02. The highest BCUT2D eigenvalue weighted by molar-refractivity contribution is 7.99. The Morgan fingerprint density at radius 1 is 0.935 bits per heavy atom. The van der Waals surface area contributed by atoms with Crippen molar-refractivity contribution in [2.45, 2.75) is 5.16 Å².